The number of para-hydroxylation sites is 1. The van der Waals surface area contributed by atoms with Crippen LogP contribution >= 0.6 is 0 Å². The maximum absolute atomic E-state index is 13.1. The lowest BCUT2D eigenvalue weighted by atomic mass is 10.1. The van der Waals surface area contributed by atoms with Gasteiger partial charge in [-0.25, -0.2) is 4.98 Å². The molecule has 3 aromatic carbocycles. The fraction of sp³-hybridized carbons (Fsp3) is 0.160. The maximum Gasteiger partial charge on any atom is 0.265 e. The molecule has 1 amide bonds. The third-order valence-corrected chi connectivity index (χ3v) is 5.29. The Balaban J connectivity index is 1.71. The van der Waals surface area contributed by atoms with Gasteiger partial charge in [0.05, 0.1) is 49.2 Å². The normalized spacial score (nSPS) is 10.7. The number of anilines is 1. The van der Waals surface area contributed by atoms with Crippen molar-refractivity contribution in [3.05, 3.63) is 82.4 Å². The van der Waals surface area contributed by atoms with Crippen LogP contribution in [0.15, 0.2) is 65.5 Å². The molecule has 0 spiro atoms. The number of carbonyl (C=O) groups is 1. The summed E-state index contributed by atoms with van der Waals surface area (Å²) in [6, 6.07) is 17.2. The Hall–Kier alpha value is -4.33. The smallest absolute Gasteiger partial charge is 0.265 e. The summed E-state index contributed by atoms with van der Waals surface area (Å²) < 4.78 is 17.5. The first-order valence-corrected chi connectivity index (χ1v) is 10.2. The fourth-order valence-corrected chi connectivity index (χ4v) is 3.65. The van der Waals surface area contributed by atoms with Gasteiger partial charge in [0.1, 0.15) is 23.1 Å². The average molecular weight is 445 g/mol. The Labute approximate surface area is 190 Å². The van der Waals surface area contributed by atoms with Gasteiger partial charge in [0.2, 0.25) is 0 Å². The monoisotopic (exact) mass is 445 g/mol. The number of aryl methyl sites for hydroxylation is 1. The second-order valence-corrected chi connectivity index (χ2v) is 7.22. The minimum Gasteiger partial charge on any atom is -0.497 e. The van der Waals surface area contributed by atoms with Crippen LogP contribution in [0.2, 0.25) is 0 Å². The van der Waals surface area contributed by atoms with E-state index >= 15 is 0 Å². The van der Waals surface area contributed by atoms with E-state index in [0.29, 0.717) is 50.9 Å². The Bertz CT molecular complexity index is 1410. The first kappa shape index (κ1) is 21.9. The summed E-state index contributed by atoms with van der Waals surface area (Å²) in [5, 5.41) is 3.36. The van der Waals surface area contributed by atoms with Crippen LogP contribution in [0.3, 0.4) is 0 Å². The van der Waals surface area contributed by atoms with Gasteiger partial charge in [0, 0.05) is 12.1 Å². The number of methoxy groups -OCH3 is 3. The molecule has 0 atom stereocenters. The topological polar surface area (TPSA) is 91.7 Å². The van der Waals surface area contributed by atoms with E-state index in [1.54, 1.807) is 68.6 Å². The first-order valence-electron chi connectivity index (χ1n) is 10.2. The highest BCUT2D eigenvalue weighted by atomic mass is 16.5. The molecular formula is C25H23N3O5. The van der Waals surface area contributed by atoms with E-state index in [2.05, 4.69) is 10.3 Å². The van der Waals surface area contributed by atoms with Crippen molar-refractivity contribution in [3.63, 3.8) is 0 Å². The number of benzene rings is 3. The summed E-state index contributed by atoms with van der Waals surface area (Å²) >= 11 is 0. The molecule has 33 heavy (non-hydrogen) atoms. The Morgan fingerprint density at radius 2 is 1.67 bits per heavy atom. The van der Waals surface area contributed by atoms with Crippen LogP contribution in [-0.4, -0.2) is 36.8 Å². The van der Waals surface area contributed by atoms with Crippen LogP contribution in [0.5, 0.6) is 17.2 Å². The van der Waals surface area contributed by atoms with E-state index in [0.717, 1.165) is 0 Å². The lowest BCUT2D eigenvalue weighted by molar-refractivity contribution is 0.102. The molecule has 0 unspecified atom stereocenters. The summed E-state index contributed by atoms with van der Waals surface area (Å²) in [6.45, 7) is 1.77. The Kier molecular flexibility index (Phi) is 5.99. The molecule has 0 bridgehead atoms. The molecule has 4 aromatic rings. The first-order chi connectivity index (χ1) is 16.0. The molecule has 0 saturated heterocycles. The molecule has 0 aliphatic rings. The second-order valence-electron chi connectivity index (χ2n) is 7.22. The maximum atomic E-state index is 13.1. The van der Waals surface area contributed by atoms with E-state index in [1.807, 2.05) is 6.07 Å². The molecule has 8 nitrogen and oxygen atoms in total. The van der Waals surface area contributed by atoms with Crippen molar-refractivity contribution >= 4 is 22.5 Å². The van der Waals surface area contributed by atoms with Crippen molar-refractivity contribution in [1.82, 2.24) is 9.55 Å². The van der Waals surface area contributed by atoms with Crippen molar-refractivity contribution in [2.45, 2.75) is 6.92 Å². The highest BCUT2D eigenvalue weighted by molar-refractivity contribution is 6.07. The highest BCUT2D eigenvalue weighted by Crippen LogP contribution is 2.30. The third-order valence-electron chi connectivity index (χ3n) is 5.29. The van der Waals surface area contributed by atoms with Gasteiger partial charge in [0.15, 0.2) is 0 Å². The molecule has 1 N–H and O–H groups in total. The number of aromatic nitrogens is 2. The van der Waals surface area contributed by atoms with Crippen LogP contribution in [-0.2, 0) is 0 Å². The predicted octanol–water partition coefficient (Wildman–Crippen LogP) is 3.97. The number of hydrogen-bond donors (Lipinski definition) is 1. The highest BCUT2D eigenvalue weighted by Gasteiger charge is 2.17. The zero-order valence-corrected chi connectivity index (χ0v) is 18.7. The number of rotatable bonds is 6. The number of nitrogens with one attached hydrogen (secondary N) is 1. The molecule has 4 rings (SSSR count). The Morgan fingerprint density at radius 1 is 0.909 bits per heavy atom. The molecule has 0 saturated carbocycles. The summed E-state index contributed by atoms with van der Waals surface area (Å²) in [4.78, 5) is 30.6. The molecule has 1 aromatic heterocycles. The van der Waals surface area contributed by atoms with E-state index in [1.165, 1.54) is 18.8 Å². The molecule has 0 fully saturated rings. The van der Waals surface area contributed by atoms with Crippen molar-refractivity contribution < 1.29 is 19.0 Å². The van der Waals surface area contributed by atoms with Gasteiger partial charge in [-0.15, -0.1) is 0 Å². The molecule has 0 aliphatic carbocycles. The fourth-order valence-electron chi connectivity index (χ4n) is 3.65. The van der Waals surface area contributed by atoms with Gasteiger partial charge in [-0.2, -0.15) is 0 Å². The standard InChI is InChI=1S/C25H23N3O5/c1-15-26-20-8-6-5-7-18(20)25(30)28(15)16-9-12-21(23(13-16)33-4)27-24(29)19-11-10-17(31-2)14-22(19)32-3/h5-14H,1-4H3,(H,27,29). The molecule has 8 heteroatoms. The van der Waals surface area contributed by atoms with Gasteiger partial charge >= 0.3 is 0 Å². The van der Waals surface area contributed by atoms with E-state index in [9.17, 15) is 9.59 Å². The van der Waals surface area contributed by atoms with Crippen LogP contribution < -0.4 is 25.1 Å². The van der Waals surface area contributed by atoms with Crippen LogP contribution in [0, 0.1) is 6.92 Å². The molecule has 0 radical (unpaired) electrons. The number of fused-ring (bicyclic) bond motifs is 1. The number of hydrogen-bond acceptors (Lipinski definition) is 6. The molecule has 168 valence electrons. The van der Waals surface area contributed by atoms with Gasteiger partial charge < -0.3 is 19.5 Å². The van der Waals surface area contributed by atoms with Crippen LogP contribution in [0.1, 0.15) is 16.2 Å². The third kappa shape index (κ3) is 4.10. The van der Waals surface area contributed by atoms with E-state index in [-0.39, 0.29) is 11.5 Å². The van der Waals surface area contributed by atoms with Gasteiger partial charge in [-0.3, -0.25) is 14.2 Å². The van der Waals surface area contributed by atoms with Gasteiger partial charge in [-0.1, -0.05) is 12.1 Å². The number of ether oxygens (including phenoxy) is 3. The quantitative estimate of drug-likeness (QED) is 0.483. The predicted molar refractivity (Wildman–Crippen MR) is 126 cm³/mol. The molecular weight excluding hydrogens is 422 g/mol. The summed E-state index contributed by atoms with van der Waals surface area (Å²) in [5.74, 6) is 1.52. The zero-order valence-electron chi connectivity index (χ0n) is 18.7. The number of carbonyl (C=O) groups excluding carboxylic acids is 1. The van der Waals surface area contributed by atoms with Crippen molar-refractivity contribution in [1.29, 1.82) is 0 Å². The van der Waals surface area contributed by atoms with Crippen LogP contribution in [0.4, 0.5) is 5.69 Å². The number of amides is 1. The van der Waals surface area contributed by atoms with Crippen molar-refractivity contribution in [2.75, 3.05) is 26.6 Å². The lowest BCUT2D eigenvalue weighted by Gasteiger charge is -2.16. The minimum atomic E-state index is -0.374. The molecule has 1 heterocycles. The number of nitrogens with zero attached hydrogens (tertiary/aromatic N) is 2. The lowest BCUT2D eigenvalue weighted by Crippen LogP contribution is -2.22. The van der Waals surface area contributed by atoms with Crippen LogP contribution in [0.25, 0.3) is 16.6 Å². The SMILES string of the molecule is COc1ccc(C(=O)Nc2ccc(-n3c(C)nc4ccccc4c3=O)cc2OC)c(OC)c1. The van der Waals surface area contributed by atoms with E-state index < -0.39 is 0 Å². The Morgan fingerprint density at radius 3 is 2.39 bits per heavy atom. The van der Waals surface area contributed by atoms with E-state index in [4.69, 9.17) is 14.2 Å². The zero-order chi connectivity index (χ0) is 23.5. The summed E-state index contributed by atoms with van der Waals surface area (Å²) in [7, 11) is 4.52. The van der Waals surface area contributed by atoms with Crippen molar-refractivity contribution in [2.24, 2.45) is 0 Å². The van der Waals surface area contributed by atoms with Gasteiger partial charge in [-0.05, 0) is 43.3 Å². The van der Waals surface area contributed by atoms with Crippen molar-refractivity contribution in [3.8, 4) is 22.9 Å². The average Bonchev–Trinajstić information content (AvgIpc) is 2.84. The summed E-state index contributed by atoms with van der Waals surface area (Å²) in [5.41, 5.74) is 1.83. The second kappa shape index (κ2) is 9.04. The summed E-state index contributed by atoms with van der Waals surface area (Å²) in [6.07, 6.45) is 0. The van der Waals surface area contributed by atoms with Gasteiger partial charge in [0.25, 0.3) is 11.5 Å². The largest absolute Gasteiger partial charge is 0.497 e. The molecule has 0 aliphatic heterocycles. The minimum absolute atomic E-state index is 0.181.